The highest BCUT2D eigenvalue weighted by molar-refractivity contribution is 7.09. The van der Waals surface area contributed by atoms with Crippen LogP contribution >= 0.6 is 9.47 Å². The lowest BCUT2D eigenvalue weighted by atomic mass is 9.66. The molecule has 2 saturated carbocycles. The normalized spacial score (nSPS) is 31.6. The van der Waals surface area contributed by atoms with E-state index in [1.54, 1.807) is 0 Å². The van der Waals surface area contributed by atoms with Crippen LogP contribution in [0.3, 0.4) is 0 Å². The summed E-state index contributed by atoms with van der Waals surface area (Å²) in [6.45, 7) is 2.37. The highest BCUT2D eigenvalue weighted by atomic mass is 31.0. The quantitative estimate of drug-likeness (QED) is 0.291. The average Bonchev–Trinajstić information content (AvgIpc) is 3.14. The standard InChI is InChI=1S/C17H23F10OP/c1-3-10-8-5-9(7-13(28-29,16(22,23)24)17(25,26)27)11(6-8)12(10)15(20,21)14(18,19)4-2/h8-12H,3-7,29H2,1-2H3. The molecule has 0 amide bonds. The van der Waals surface area contributed by atoms with E-state index in [1.165, 1.54) is 6.92 Å². The Morgan fingerprint density at radius 2 is 1.38 bits per heavy atom. The molecule has 0 aliphatic heterocycles. The van der Waals surface area contributed by atoms with Gasteiger partial charge in [-0.1, -0.05) is 20.3 Å². The molecule has 2 fully saturated rings. The van der Waals surface area contributed by atoms with E-state index < -0.39 is 72.2 Å². The van der Waals surface area contributed by atoms with Crippen molar-refractivity contribution in [1.29, 1.82) is 0 Å². The maximum atomic E-state index is 14.7. The minimum Gasteiger partial charge on any atom is -0.342 e. The zero-order chi connectivity index (χ0) is 22.6. The number of alkyl halides is 10. The lowest BCUT2D eigenvalue weighted by Gasteiger charge is -2.45. The van der Waals surface area contributed by atoms with Crippen LogP contribution in [0.25, 0.3) is 0 Å². The van der Waals surface area contributed by atoms with Gasteiger partial charge in [0.25, 0.3) is 5.60 Å². The molecular formula is C17H23F10OP. The van der Waals surface area contributed by atoms with Gasteiger partial charge in [-0.2, -0.15) is 43.9 Å². The van der Waals surface area contributed by atoms with Gasteiger partial charge in [-0.25, -0.2) is 0 Å². The van der Waals surface area contributed by atoms with Crippen LogP contribution in [0, 0.1) is 29.6 Å². The van der Waals surface area contributed by atoms with Crippen LogP contribution in [-0.2, 0) is 4.52 Å². The second-order valence-electron chi connectivity index (χ2n) is 8.08. The van der Waals surface area contributed by atoms with Gasteiger partial charge in [0.15, 0.2) is 0 Å². The molecule has 0 aromatic carbocycles. The molecule has 0 spiro atoms. The van der Waals surface area contributed by atoms with Crippen LogP contribution in [0.5, 0.6) is 0 Å². The van der Waals surface area contributed by atoms with Crippen molar-refractivity contribution in [3.63, 3.8) is 0 Å². The van der Waals surface area contributed by atoms with E-state index in [9.17, 15) is 43.9 Å². The van der Waals surface area contributed by atoms with E-state index in [4.69, 9.17) is 0 Å². The molecule has 0 N–H and O–H groups in total. The first-order chi connectivity index (χ1) is 13.0. The molecule has 6 atom stereocenters. The molecule has 29 heavy (non-hydrogen) atoms. The van der Waals surface area contributed by atoms with Gasteiger partial charge in [0, 0.05) is 21.8 Å². The second-order valence-corrected chi connectivity index (χ2v) is 8.31. The molecule has 12 heteroatoms. The minimum absolute atomic E-state index is 0.0914. The van der Waals surface area contributed by atoms with Crippen molar-refractivity contribution in [2.75, 3.05) is 0 Å². The van der Waals surface area contributed by atoms with E-state index in [0.717, 1.165) is 16.4 Å². The lowest BCUT2D eigenvalue weighted by molar-refractivity contribution is -0.361. The minimum atomic E-state index is -5.86. The Labute approximate surface area is 164 Å². The highest BCUT2D eigenvalue weighted by Gasteiger charge is 2.75. The average molecular weight is 464 g/mol. The SMILES string of the molecule is CCC1C2CC(CC(OP)(C(F)(F)F)C(F)(F)F)C(C2)C1C(F)(F)C(F)(F)CC. The summed E-state index contributed by atoms with van der Waals surface area (Å²) in [5, 5.41) is 0. The van der Waals surface area contributed by atoms with Crippen molar-refractivity contribution < 1.29 is 48.4 Å². The first-order valence-electron chi connectivity index (χ1n) is 9.27. The molecule has 2 bridgehead atoms. The summed E-state index contributed by atoms with van der Waals surface area (Å²) in [6.07, 6.45) is -14.7. The molecule has 0 aromatic rings. The number of halogens is 10. The van der Waals surface area contributed by atoms with Crippen molar-refractivity contribution in [1.82, 2.24) is 0 Å². The topological polar surface area (TPSA) is 9.23 Å². The molecule has 1 nitrogen and oxygen atoms in total. The van der Waals surface area contributed by atoms with E-state index >= 15 is 0 Å². The Balaban J connectivity index is 2.43. The van der Waals surface area contributed by atoms with E-state index in [1.807, 2.05) is 0 Å². The fraction of sp³-hybridized carbons (Fsp3) is 1.00. The summed E-state index contributed by atoms with van der Waals surface area (Å²) < 4.78 is 141. The van der Waals surface area contributed by atoms with Crippen LogP contribution in [0.15, 0.2) is 0 Å². The van der Waals surface area contributed by atoms with Gasteiger partial charge in [0.05, 0.1) is 0 Å². The Bertz CT molecular complexity index is 574. The molecule has 0 radical (unpaired) electrons. The highest BCUT2D eigenvalue weighted by Crippen LogP contribution is 2.65. The predicted octanol–water partition coefficient (Wildman–Crippen LogP) is 7.03. The van der Waals surface area contributed by atoms with Gasteiger partial charge in [0.1, 0.15) is 0 Å². The summed E-state index contributed by atoms with van der Waals surface area (Å²) in [5.41, 5.74) is -4.56. The van der Waals surface area contributed by atoms with Gasteiger partial charge in [0.2, 0.25) is 0 Å². The smallest absolute Gasteiger partial charge is 0.342 e. The molecule has 2 aliphatic carbocycles. The predicted molar refractivity (Wildman–Crippen MR) is 87.4 cm³/mol. The second kappa shape index (κ2) is 7.68. The summed E-state index contributed by atoms with van der Waals surface area (Å²) in [4.78, 5) is 0. The first kappa shape index (κ1) is 25.0. The third kappa shape index (κ3) is 3.76. The number of hydrogen-bond donors (Lipinski definition) is 0. The zero-order valence-electron chi connectivity index (χ0n) is 15.7. The van der Waals surface area contributed by atoms with Crippen molar-refractivity contribution >= 4 is 9.47 Å². The molecule has 6 unspecified atom stereocenters. The van der Waals surface area contributed by atoms with Crippen LogP contribution in [0.4, 0.5) is 43.9 Å². The van der Waals surface area contributed by atoms with E-state index in [0.29, 0.717) is 0 Å². The Morgan fingerprint density at radius 1 is 0.862 bits per heavy atom. The maximum absolute atomic E-state index is 14.7. The third-order valence-electron chi connectivity index (χ3n) is 6.80. The summed E-state index contributed by atoms with van der Waals surface area (Å²) in [6, 6.07) is 0. The van der Waals surface area contributed by atoms with E-state index in [-0.39, 0.29) is 19.3 Å². The van der Waals surface area contributed by atoms with Crippen LogP contribution < -0.4 is 0 Å². The fourth-order valence-corrected chi connectivity index (χ4v) is 5.75. The molecule has 0 aromatic heterocycles. The van der Waals surface area contributed by atoms with Gasteiger partial charge >= 0.3 is 24.2 Å². The van der Waals surface area contributed by atoms with E-state index in [2.05, 4.69) is 4.52 Å². The van der Waals surface area contributed by atoms with Crippen LogP contribution in [-0.4, -0.2) is 29.8 Å². The lowest BCUT2D eigenvalue weighted by Crippen LogP contribution is -2.59. The Morgan fingerprint density at radius 3 is 1.76 bits per heavy atom. The number of rotatable bonds is 7. The molecular weight excluding hydrogens is 441 g/mol. The Hall–Kier alpha value is -0.310. The molecule has 0 heterocycles. The van der Waals surface area contributed by atoms with Crippen molar-refractivity contribution in [3.05, 3.63) is 0 Å². The summed E-state index contributed by atoms with van der Waals surface area (Å²) in [7, 11) is 0.956. The van der Waals surface area contributed by atoms with Gasteiger partial charge in [-0.15, -0.1) is 0 Å². The maximum Gasteiger partial charge on any atom is 0.426 e. The molecule has 172 valence electrons. The summed E-state index contributed by atoms with van der Waals surface area (Å²) in [5.74, 6) is -15.2. The zero-order valence-corrected chi connectivity index (χ0v) is 16.8. The molecule has 2 aliphatic rings. The van der Waals surface area contributed by atoms with Gasteiger partial charge in [-0.3, -0.25) is 0 Å². The number of fused-ring (bicyclic) bond motifs is 2. The van der Waals surface area contributed by atoms with Crippen molar-refractivity contribution in [2.24, 2.45) is 29.6 Å². The monoisotopic (exact) mass is 464 g/mol. The summed E-state index contributed by atoms with van der Waals surface area (Å²) >= 11 is 0. The first-order valence-corrected chi connectivity index (χ1v) is 9.74. The van der Waals surface area contributed by atoms with Crippen molar-refractivity contribution in [2.45, 2.75) is 75.8 Å². The van der Waals surface area contributed by atoms with Gasteiger partial charge < -0.3 is 4.52 Å². The van der Waals surface area contributed by atoms with Crippen molar-refractivity contribution in [3.8, 4) is 0 Å². The third-order valence-corrected chi connectivity index (χ3v) is 7.20. The Kier molecular flexibility index (Phi) is 6.61. The van der Waals surface area contributed by atoms with Gasteiger partial charge in [-0.05, 0) is 42.9 Å². The molecule has 2 rings (SSSR count). The molecule has 0 saturated heterocycles. The fourth-order valence-electron chi connectivity index (χ4n) is 5.38. The van der Waals surface area contributed by atoms with Crippen LogP contribution in [0.1, 0.15) is 46.0 Å². The number of hydrogen-bond acceptors (Lipinski definition) is 1. The largest absolute Gasteiger partial charge is 0.426 e. The van der Waals surface area contributed by atoms with Crippen LogP contribution in [0.2, 0.25) is 0 Å².